The van der Waals surface area contributed by atoms with Crippen LogP contribution in [-0.4, -0.2) is 37.1 Å². The first kappa shape index (κ1) is 14.8. The SMILES string of the molecule is CNC(=O)c1cnc2c(c1)OCCN2C(=O)Nc1ccccc1. The minimum absolute atomic E-state index is 0.255. The fourth-order valence-electron chi connectivity index (χ4n) is 2.28. The Morgan fingerprint density at radius 1 is 1.26 bits per heavy atom. The first-order chi connectivity index (χ1) is 11.2. The van der Waals surface area contributed by atoms with Gasteiger partial charge in [0.2, 0.25) is 0 Å². The zero-order valence-corrected chi connectivity index (χ0v) is 12.6. The van der Waals surface area contributed by atoms with Gasteiger partial charge < -0.3 is 15.4 Å². The molecule has 0 bridgehead atoms. The molecule has 2 heterocycles. The molecule has 1 aliphatic rings. The van der Waals surface area contributed by atoms with Crippen molar-refractivity contribution < 1.29 is 14.3 Å². The number of carbonyl (C=O) groups excluding carboxylic acids is 2. The van der Waals surface area contributed by atoms with Crippen LogP contribution in [0.4, 0.5) is 16.3 Å². The smallest absolute Gasteiger partial charge is 0.327 e. The highest BCUT2D eigenvalue weighted by Crippen LogP contribution is 2.30. The second-order valence-corrected chi connectivity index (χ2v) is 4.92. The van der Waals surface area contributed by atoms with Gasteiger partial charge in [-0.2, -0.15) is 0 Å². The maximum absolute atomic E-state index is 12.4. The summed E-state index contributed by atoms with van der Waals surface area (Å²) in [6.07, 6.45) is 1.43. The third kappa shape index (κ3) is 3.08. The predicted molar refractivity (Wildman–Crippen MR) is 85.9 cm³/mol. The Balaban J connectivity index is 1.84. The van der Waals surface area contributed by atoms with Crippen molar-refractivity contribution in [2.45, 2.75) is 0 Å². The predicted octanol–water partition coefficient (Wildman–Crippen LogP) is 1.87. The molecule has 0 saturated heterocycles. The summed E-state index contributed by atoms with van der Waals surface area (Å²) in [4.78, 5) is 29.8. The number of aromatic nitrogens is 1. The van der Waals surface area contributed by atoms with Crippen molar-refractivity contribution in [2.75, 3.05) is 30.4 Å². The van der Waals surface area contributed by atoms with Crippen molar-refractivity contribution in [3.63, 3.8) is 0 Å². The van der Waals surface area contributed by atoms with Gasteiger partial charge in [-0.05, 0) is 18.2 Å². The third-order valence-electron chi connectivity index (χ3n) is 3.42. The van der Waals surface area contributed by atoms with Gasteiger partial charge in [0.25, 0.3) is 5.91 Å². The number of benzene rings is 1. The molecule has 0 saturated carbocycles. The van der Waals surface area contributed by atoms with Crippen molar-refractivity contribution in [1.82, 2.24) is 10.3 Å². The first-order valence-electron chi connectivity index (χ1n) is 7.17. The standard InChI is InChI=1S/C16H16N4O3/c1-17-15(21)11-9-13-14(18-10-11)20(7-8-23-13)16(22)19-12-5-3-2-4-6-12/h2-6,9-10H,7-8H2,1H3,(H,17,21)(H,19,22). The molecule has 0 radical (unpaired) electrons. The van der Waals surface area contributed by atoms with Crippen LogP contribution in [-0.2, 0) is 0 Å². The van der Waals surface area contributed by atoms with Gasteiger partial charge >= 0.3 is 6.03 Å². The average Bonchev–Trinajstić information content (AvgIpc) is 2.60. The van der Waals surface area contributed by atoms with E-state index in [9.17, 15) is 9.59 Å². The molecule has 0 aliphatic carbocycles. The molecule has 7 nitrogen and oxygen atoms in total. The summed E-state index contributed by atoms with van der Waals surface area (Å²) in [5.41, 5.74) is 1.09. The van der Waals surface area contributed by atoms with Crippen LogP contribution >= 0.6 is 0 Å². The molecule has 1 aromatic carbocycles. The Kier molecular flexibility index (Phi) is 4.09. The molecule has 1 aliphatic heterocycles. The number of ether oxygens (including phenoxy) is 1. The van der Waals surface area contributed by atoms with Crippen molar-refractivity contribution in [1.29, 1.82) is 0 Å². The van der Waals surface area contributed by atoms with E-state index in [1.54, 1.807) is 25.2 Å². The van der Waals surface area contributed by atoms with Gasteiger partial charge in [0, 0.05) is 18.9 Å². The number of nitrogens with one attached hydrogen (secondary N) is 2. The maximum atomic E-state index is 12.4. The van der Waals surface area contributed by atoms with Crippen LogP contribution in [0.3, 0.4) is 0 Å². The highest BCUT2D eigenvalue weighted by Gasteiger charge is 2.26. The topological polar surface area (TPSA) is 83.6 Å². The number of hydrogen-bond acceptors (Lipinski definition) is 4. The fourth-order valence-corrected chi connectivity index (χ4v) is 2.28. The lowest BCUT2D eigenvalue weighted by Crippen LogP contribution is -2.41. The summed E-state index contributed by atoms with van der Waals surface area (Å²) < 4.78 is 5.53. The van der Waals surface area contributed by atoms with Crippen LogP contribution < -0.4 is 20.3 Å². The van der Waals surface area contributed by atoms with Crippen molar-refractivity contribution in [3.05, 3.63) is 48.2 Å². The summed E-state index contributed by atoms with van der Waals surface area (Å²) >= 11 is 0. The second-order valence-electron chi connectivity index (χ2n) is 4.92. The quantitative estimate of drug-likeness (QED) is 0.887. The number of rotatable bonds is 2. The molecule has 118 valence electrons. The molecule has 0 atom stereocenters. The average molecular weight is 312 g/mol. The summed E-state index contributed by atoms with van der Waals surface area (Å²) in [6.45, 7) is 0.728. The molecule has 0 spiro atoms. The van der Waals surface area contributed by atoms with E-state index in [0.29, 0.717) is 36.0 Å². The Labute approximate surface area is 133 Å². The summed E-state index contributed by atoms with van der Waals surface area (Å²) in [6, 6.07) is 10.5. The molecule has 23 heavy (non-hydrogen) atoms. The van der Waals surface area contributed by atoms with Crippen LogP contribution in [0, 0.1) is 0 Å². The molecule has 7 heteroatoms. The lowest BCUT2D eigenvalue weighted by Gasteiger charge is -2.28. The Morgan fingerprint density at radius 2 is 2.04 bits per heavy atom. The molecule has 2 aromatic rings. The number of fused-ring (bicyclic) bond motifs is 1. The van der Waals surface area contributed by atoms with Crippen LogP contribution in [0.15, 0.2) is 42.6 Å². The number of carbonyl (C=O) groups is 2. The van der Waals surface area contributed by atoms with E-state index in [1.165, 1.54) is 11.1 Å². The van der Waals surface area contributed by atoms with Crippen molar-refractivity contribution in [2.24, 2.45) is 0 Å². The molecule has 3 amide bonds. The van der Waals surface area contributed by atoms with E-state index in [1.807, 2.05) is 18.2 Å². The normalized spacial score (nSPS) is 12.8. The molecule has 0 fully saturated rings. The monoisotopic (exact) mass is 312 g/mol. The van der Waals surface area contributed by atoms with E-state index in [2.05, 4.69) is 15.6 Å². The first-order valence-corrected chi connectivity index (χ1v) is 7.17. The summed E-state index contributed by atoms with van der Waals surface area (Å²) in [5, 5.41) is 5.34. The van der Waals surface area contributed by atoms with E-state index in [0.717, 1.165) is 0 Å². The number of nitrogens with zero attached hydrogens (tertiary/aromatic N) is 2. The zero-order chi connectivity index (χ0) is 16.2. The molecule has 0 unspecified atom stereocenters. The fraction of sp³-hybridized carbons (Fsp3) is 0.188. The summed E-state index contributed by atoms with van der Waals surface area (Å²) in [7, 11) is 1.54. The minimum atomic E-state index is -0.291. The van der Waals surface area contributed by atoms with Gasteiger partial charge in [-0.1, -0.05) is 18.2 Å². The molecule has 3 rings (SSSR count). The lowest BCUT2D eigenvalue weighted by atomic mass is 10.2. The van der Waals surface area contributed by atoms with Crippen molar-refractivity contribution >= 4 is 23.4 Å². The maximum Gasteiger partial charge on any atom is 0.327 e. The van der Waals surface area contributed by atoms with Gasteiger partial charge in [0.1, 0.15) is 6.61 Å². The highest BCUT2D eigenvalue weighted by atomic mass is 16.5. The third-order valence-corrected chi connectivity index (χ3v) is 3.42. The molecule has 1 aromatic heterocycles. The number of anilines is 2. The van der Waals surface area contributed by atoms with Gasteiger partial charge in [0.05, 0.1) is 12.1 Å². The second kappa shape index (κ2) is 6.35. The number of amides is 3. The van der Waals surface area contributed by atoms with E-state index in [-0.39, 0.29) is 11.9 Å². The Bertz CT molecular complexity index is 733. The Morgan fingerprint density at radius 3 is 2.78 bits per heavy atom. The number of urea groups is 1. The van der Waals surface area contributed by atoms with Crippen LogP contribution in [0.5, 0.6) is 5.75 Å². The Hall–Kier alpha value is -3.09. The van der Waals surface area contributed by atoms with Gasteiger partial charge in [-0.3, -0.25) is 9.69 Å². The van der Waals surface area contributed by atoms with Gasteiger partial charge in [0.15, 0.2) is 11.6 Å². The number of pyridine rings is 1. The lowest BCUT2D eigenvalue weighted by molar-refractivity contribution is 0.0962. The highest BCUT2D eigenvalue weighted by molar-refractivity contribution is 6.02. The summed E-state index contributed by atoms with van der Waals surface area (Å²) in [5.74, 6) is 0.563. The zero-order valence-electron chi connectivity index (χ0n) is 12.6. The van der Waals surface area contributed by atoms with E-state index in [4.69, 9.17) is 4.74 Å². The number of hydrogen-bond donors (Lipinski definition) is 2. The van der Waals surface area contributed by atoms with E-state index >= 15 is 0 Å². The number of para-hydroxylation sites is 1. The minimum Gasteiger partial charge on any atom is -0.488 e. The van der Waals surface area contributed by atoms with Gasteiger partial charge in [-0.25, -0.2) is 9.78 Å². The van der Waals surface area contributed by atoms with Crippen LogP contribution in [0.2, 0.25) is 0 Å². The van der Waals surface area contributed by atoms with Crippen LogP contribution in [0.25, 0.3) is 0 Å². The van der Waals surface area contributed by atoms with E-state index < -0.39 is 0 Å². The molecular formula is C16H16N4O3. The van der Waals surface area contributed by atoms with Crippen LogP contribution in [0.1, 0.15) is 10.4 Å². The molecular weight excluding hydrogens is 296 g/mol. The van der Waals surface area contributed by atoms with Crippen molar-refractivity contribution in [3.8, 4) is 5.75 Å². The van der Waals surface area contributed by atoms with Gasteiger partial charge in [-0.15, -0.1) is 0 Å². The largest absolute Gasteiger partial charge is 0.488 e. The molecule has 2 N–H and O–H groups in total.